The molecule has 5 heteroatoms. The molecular weight excluding hydrogens is 310 g/mol. The summed E-state index contributed by atoms with van der Waals surface area (Å²) in [6, 6.07) is 6.56. The minimum atomic E-state index is 0.299. The van der Waals surface area contributed by atoms with Gasteiger partial charge in [-0.15, -0.1) is 10.2 Å². The van der Waals surface area contributed by atoms with Crippen molar-refractivity contribution in [2.75, 3.05) is 7.05 Å². The van der Waals surface area contributed by atoms with Crippen molar-refractivity contribution in [2.24, 2.45) is 0 Å². The molecule has 0 saturated heterocycles. The van der Waals surface area contributed by atoms with Crippen molar-refractivity contribution in [1.29, 1.82) is 0 Å². The van der Waals surface area contributed by atoms with Crippen LogP contribution in [0, 0.1) is 6.92 Å². The van der Waals surface area contributed by atoms with E-state index in [1.54, 1.807) is 11.3 Å². The maximum absolute atomic E-state index is 4.29. The summed E-state index contributed by atoms with van der Waals surface area (Å²) in [5, 5.41) is 13.9. The Morgan fingerprint density at radius 3 is 2.78 bits per heavy atom. The lowest BCUT2D eigenvalue weighted by molar-refractivity contribution is 0.568. The Morgan fingerprint density at radius 2 is 2.17 bits per heavy atom. The van der Waals surface area contributed by atoms with Crippen molar-refractivity contribution in [3.63, 3.8) is 0 Å². The van der Waals surface area contributed by atoms with Gasteiger partial charge < -0.3 is 5.32 Å². The molecule has 96 valence electrons. The van der Waals surface area contributed by atoms with Crippen LogP contribution in [-0.4, -0.2) is 17.2 Å². The predicted octanol–water partition coefficient (Wildman–Crippen LogP) is 3.95. The van der Waals surface area contributed by atoms with E-state index in [0.29, 0.717) is 6.04 Å². The molecule has 0 bridgehead atoms. The second-order valence-electron chi connectivity index (χ2n) is 4.16. The molecule has 1 aromatic heterocycles. The Kier molecular flexibility index (Phi) is 4.48. The van der Waals surface area contributed by atoms with Gasteiger partial charge >= 0.3 is 0 Å². The predicted molar refractivity (Wildman–Crippen MR) is 79.9 cm³/mol. The van der Waals surface area contributed by atoms with E-state index in [9.17, 15) is 0 Å². The number of nitrogens with zero attached hydrogens (tertiary/aromatic N) is 2. The molecule has 0 radical (unpaired) electrons. The number of aromatic nitrogens is 2. The summed E-state index contributed by atoms with van der Waals surface area (Å²) in [7, 11) is 1.96. The molecule has 0 spiro atoms. The van der Waals surface area contributed by atoms with Gasteiger partial charge in [0, 0.05) is 10.0 Å². The van der Waals surface area contributed by atoms with Gasteiger partial charge in [0.2, 0.25) is 0 Å². The van der Waals surface area contributed by atoms with Gasteiger partial charge in [-0.2, -0.15) is 0 Å². The molecule has 18 heavy (non-hydrogen) atoms. The summed E-state index contributed by atoms with van der Waals surface area (Å²) in [5.41, 5.74) is 2.34. The van der Waals surface area contributed by atoms with Crippen molar-refractivity contribution in [3.8, 4) is 10.6 Å². The number of halogens is 1. The van der Waals surface area contributed by atoms with Gasteiger partial charge in [0.25, 0.3) is 0 Å². The number of benzene rings is 1. The van der Waals surface area contributed by atoms with Crippen LogP contribution in [-0.2, 0) is 0 Å². The molecule has 0 saturated carbocycles. The first kappa shape index (κ1) is 13.6. The van der Waals surface area contributed by atoms with Crippen molar-refractivity contribution in [3.05, 3.63) is 33.2 Å². The van der Waals surface area contributed by atoms with Crippen molar-refractivity contribution >= 4 is 27.3 Å². The van der Waals surface area contributed by atoms with Crippen LogP contribution in [0.2, 0.25) is 0 Å². The topological polar surface area (TPSA) is 37.8 Å². The third-order valence-electron chi connectivity index (χ3n) is 2.90. The Labute approximate surface area is 120 Å². The van der Waals surface area contributed by atoms with Gasteiger partial charge in [-0.25, -0.2) is 0 Å². The summed E-state index contributed by atoms with van der Waals surface area (Å²) < 4.78 is 1.12. The maximum Gasteiger partial charge on any atom is 0.147 e. The number of rotatable bonds is 4. The SMILES string of the molecule is CCC(NC)c1nnc(-c2ccc(Br)c(C)c2)s1. The highest BCUT2D eigenvalue weighted by Gasteiger charge is 2.14. The van der Waals surface area contributed by atoms with Crippen LogP contribution < -0.4 is 5.32 Å². The molecular formula is C13H16BrN3S. The average molecular weight is 326 g/mol. The minimum absolute atomic E-state index is 0.299. The molecule has 0 aliphatic heterocycles. The Balaban J connectivity index is 2.31. The molecule has 0 amide bonds. The van der Waals surface area contributed by atoms with Gasteiger partial charge in [0.15, 0.2) is 0 Å². The molecule has 1 aromatic carbocycles. The average Bonchev–Trinajstić information content (AvgIpc) is 2.84. The van der Waals surface area contributed by atoms with E-state index in [1.807, 2.05) is 7.05 Å². The van der Waals surface area contributed by atoms with E-state index < -0.39 is 0 Å². The van der Waals surface area contributed by atoms with Crippen LogP contribution in [0.4, 0.5) is 0 Å². The van der Waals surface area contributed by atoms with Crippen molar-refractivity contribution < 1.29 is 0 Å². The first-order valence-electron chi connectivity index (χ1n) is 5.93. The molecule has 0 fully saturated rings. The van der Waals surface area contributed by atoms with Crippen molar-refractivity contribution in [2.45, 2.75) is 26.3 Å². The van der Waals surface area contributed by atoms with Crippen LogP contribution in [0.1, 0.15) is 30.0 Å². The Hall–Kier alpha value is -0.780. The molecule has 2 aromatic rings. The van der Waals surface area contributed by atoms with Gasteiger partial charge in [-0.1, -0.05) is 40.3 Å². The van der Waals surface area contributed by atoms with E-state index >= 15 is 0 Å². The lowest BCUT2D eigenvalue weighted by Crippen LogP contribution is -2.14. The normalized spacial score (nSPS) is 12.7. The van der Waals surface area contributed by atoms with E-state index in [2.05, 4.69) is 63.5 Å². The van der Waals surface area contributed by atoms with Crippen LogP contribution in [0.25, 0.3) is 10.6 Å². The quantitative estimate of drug-likeness (QED) is 0.924. The molecule has 0 aliphatic rings. The van der Waals surface area contributed by atoms with Gasteiger partial charge in [0.05, 0.1) is 6.04 Å². The number of aryl methyl sites for hydroxylation is 1. The first-order valence-corrected chi connectivity index (χ1v) is 7.53. The Bertz CT molecular complexity index is 535. The van der Waals surface area contributed by atoms with Crippen molar-refractivity contribution in [1.82, 2.24) is 15.5 Å². The summed E-state index contributed by atoms with van der Waals surface area (Å²) in [6.07, 6.45) is 1.02. The summed E-state index contributed by atoms with van der Waals surface area (Å²) in [6.45, 7) is 4.23. The maximum atomic E-state index is 4.29. The lowest BCUT2D eigenvalue weighted by atomic mass is 10.1. The fourth-order valence-corrected chi connectivity index (χ4v) is 3.05. The zero-order chi connectivity index (χ0) is 13.1. The van der Waals surface area contributed by atoms with E-state index in [4.69, 9.17) is 0 Å². The van der Waals surface area contributed by atoms with Crippen LogP contribution in [0.3, 0.4) is 0 Å². The standard InChI is InChI=1S/C13H16BrN3S/c1-4-11(15-3)13-17-16-12(18-13)9-5-6-10(14)8(2)7-9/h5-7,11,15H,4H2,1-3H3. The number of hydrogen-bond donors (Lipinski definition) is 1. The van der Waals surface area contributed by atoms with Gasteiger partial charge in [-0.3, -0.25) is 0 Å². The number of nitrogens with one attached hydrogen (secondary N) is 1. The second-order valence-corrected chi connectivity index (χ2v) is 6.02. The second kappa shape index (κ2) is 5.91. The molecule has 0 aliphatic carbocycles. The smallest absolute Gasteiger partial charge is 0.147 e. The minimum Gasteiger partial charge on any atom is -0.311 e. The van der Waals surface area contributed by atoms with Crippen LogP contribution >= 0.6 is 27.3 Å². The molecule has 1 N–H and O–H groups in total. The number of hydrogen-bond acceptors (Lipinski definition) is 4. The van der Waals surface area contributed by atoms with E-state index in [1.165, 1.54) is 5.56 Å². The van der Waals surface area contributed by atoms with E-state index in [-0.39, 0.29) is 0 Å². The fourth-order valence-electron chi connectivity index (χ4n) is 1.77. The molecule has 2 rings (SSSR count). The lowest BCUT2D eigenvalue weighted by Gasteiger charge is -2.08. The van der Waals surface area contributed by atoms with Gasteiger partial charge in [-0.05, 0) is 38.1 Å². The molecule has 1 unspecified atom stereocenters. The summed E-state index contributed by atoms with van der Waals surface area (Å²) >= 11 is 5.17. The zero-order valence-electron chi connectivity index (χ0n) is 10.7. The zero-order valence-corrected chi connectivity index (χ0v) is 13.1. The molecule has 1 atom stereocenters. The van der Waals surface area contributed by atoms with Crippen LogP contribution in [0.5, 0.6) is 0 Å². The highest BCUT2D eigenvalue weighted by atomic mass is 79.9. The molecule has 1 heterocycles. The van der Waals surface area contributed by atoms with E-state index in [0.717, 1.165) is 26.5 Å². The third-order valence-corrected chi connectivity index (χ3v) is 4.88. The fraction of sp³-hybridized carbons (Fsp3) is 0.385. The van der Waals surface area contributed by atoms with Crippen LogP contribution in [0.15, 0.2) is 22.7 Å². The monoisotopic (exact) mass is 325 g/mol. The largest absolute Gasteiger partial charge is 0.311 e. The summed E-state index contributed by atoms with van der Waals surface area (Å²) in [5.74, 6) is 0. The third kappa shape index (κ3) is 2.79. The molecule has 3 nitrogen and oxygen atoms in total. The highest BCUT2D eigenvalue weighted by molar-refractivity contribution is 9.10. The Morgan fingerprint density at radius 1 is 1.39 bits per heavy atom. The first-order chi connectivity index (χ1) is 8.65. The highest BCUT2D eigenvalue weighted by Crippen LogP contribution is 2.30. The summed E-state index contributed by atoms with van der Waals surface area (Å²) in [4.78, 5) is 0. The van der Waals surface area contributed by atoms with Gasteiger partial charge in [0.1, 0.15) is 10.0 Å².